The Hall–Kier alpha value is -3.46. The molecule has 38 heavy (non-hydrogen) atoms. The number of nitrogens with zero attached hydrogens (tertiary/aromatic N) is 3. The maximum absolute atomic E-state index is 13.7. The van der Waals surface area contributed by atoms with Crippen molar-refractivity contribution in [2.75, 3.05) is 24.0 Å². The number of aromatic nitrogens is 2. The second kappa shape index (κ2) is 10.0. The number of hydrogen-bond acceptors (Lipinski definition) is 6. The van der Waals surface area contributed by atoms with E-state index in [1.165, 1.54) is 0 Å². The fraction of sp³-hybridized carbons (Fsp3) is 0.414. The summed E-state index contributed by atoms with van der Waals surface area (Å²) < 4.78 is 13.1. The van der Waals surface area contributed by atoms with Gasteiger partial charge in [-0.2, -0.15) is 5.10 Å². The minimum atomic E-state index is -0.326. The monoisotopic (exact) mass is 534 g/mol. The molecule has 8 nitrogen and oxygen atoms in total. The number of nitrogens with one attached hydrogen (secondary N) is 1. The molecule has 0 bridgehead atoms. The highest BCUT2D eigenvalue weighted by Gasteiger charge is 2.40. The van der Waals surface area contributed by atoms with E-state index in [1.807, 2.05) is 67.9 Å². The first-order valence-electron chi connectivity index (χ1n) is 12.8. The molecule has 2 amide bonds. The highest BCUT2D eigenvalue weighted by atomic mass is 32.2. The Labute approximate surface area is 227 Å². The second-order valence-corrected chi connectivity index (χ2v) is 12.2. The fourth-order valence-corrected chi connectivity index (χ4v) is 6.05. The summed E-state index contributed by atoms with van der Waals surface area (Å²) in [6, 6.07) is 13.9. The molecule has 2 aliphatic heterocycles. The molecule has 5 rings (SSSR count). The molecule has 3 aromatic rings. The van der Waals surface area contributed by atoms with Gasteiger partial charge < -0.3 is 14.8 Å². The van der Waals surface area contributed by atoms with Gasteiger partial charge in [-0.05, 0) is 56.2 Å². The number of fused-ring (bicyclic) bond motifs is 2. The van der Waals surface area contributed by atoms with Crippen molar-refractivity contribution in [3.8, 4) is 17.2 Å². The zero-order chi connectivity index (χ0) is 27.2. The van der Waals surface area contributed by atoms with E-state index >= 15 is 0 Å². The lowest BCUT2D eigenvalue weighted by atomic mass is 9.87. The van der Waals surface area contributed by atoms with Gasteiger partial charge in [0.05, 0.1) is 22.4 Å². The number of thioether (sulfide) groups is 1. The number of carbonyl (C=O) groups excluding carboxylic acids is 2. The highest BCUT2D eigenvalue weighted by Crippen LogP contribution is 2.49. The maximum Gasteiger partial charge on any atom is 0.240 e. The summed E-state index contributed by atoms with van der Waals surface area (Å²) in [7, 11) is 0. The van der Waals surface area contributed by atoms with Gasteiger partial charge in [-0.15, -0.1) is 11.8 Å². The summed E-state index contributed by atoms with van der Waals surface area (Å²) >= 11 is 1.55. The Balaban J connectivity index is 1.76. The van der Waals surface area contributed by atoms with Gasteiger partial charge >= 0.3 is 0 Å². The van der Waals surface area contributed by atoms with Crippen LogP contribution in [0, 0.1) is 6.92 Å². The fourth-order valence-electron chi connectivity index (χ4n) is 4.86. The van der Waals surface area contributed by atoms with E-state index in [0.717, 1.165) is 28.1 Å². The summed E-state index contributed by atoms with van der Waals surface area (Å²) in [6.45, 7) is 12.3. The van der Waals surface area contributed by atoms with Gasteiger partial charge in [0.2, 0.25) is 18.6 Å². The van der Waals surface area contributed by atoms with Gasteiger partial charge in [0.25, 0.3) is 0 Å². The molecule has 200 valence electrons. The number of anilines is 1. The van der Waals surface area contributed by atoms with Crippen molar-refractivity contribution in [1.82, 2.24) is 15.1 Å². The zero-order valence-electron chi connectivity index (χ0n) is 22.7. The Morgan fingerprint density at radius 3 is 2.63 bits per heavy atom. The minimum absolute atomic E-state index is 0.0355. The molecule has 0 radical (unpaired) electrons. The smallest absolute Gasteiger partial charge is 0.240 e. The number of aryl methyl sites for hydroxylation is 1. The third-order valence-corrected chi connectivity index (χ3v) is 7.75. The highest BCUT2D eigenvalue weighted by molar-refractivity contribution is 8.00. The average molecular weight is 535 g/mol. The number of carbonyl (C=O) groups is 2. The third-order valence-electron chi connectivity index (χ3n) is 6.50. The van der Waals surface area contributed by atoms with Crippen LogP contribution in [0.15, 0.2) is 42.5 Å². The van der Waals surface area contributed by atoms with E-state index in [4.69, 9.17) is 14.6 Å². The van der Waals surface area contributed by atoms with E-state index in [1.54, 1.807) is 16.7 Å². The molecule has 9 heteroatoms. The van der Waals surface area contributed by atoms with Gasteiger partial charge in [-0.25, -0.2) is 4.68 Å². The van der Waals surface area contributed by atoms with Crippen LogP contribution in [0.25, 0.3) is 5.69 Å². The molecule has 1 atom stereocenters. The average Bonchev–Trinajstić information content (AvgIpc) is 3.44. The molecule has 0 unspecified atom stereocenters. The largest absolute Gasteiger partial charge is 0.454 e. The van der Waals surface area contributed by atoms with Crippen molar-refractivity contribution in [3.05, 3.63) is 64.8 Å². The zero-order valence-corrected chi connectivity index (χ0v) is 23.5. The first-order chi connectivity index (χ1) is 18.0. The van der Waals surface area contributed by atoms with Crippen LogP contribution in [-0.4, -0.2) is 46.7 Å². The summed E-state index contributed by atoms with van der Waals surface area (Å²) in [4.78, 5) is 28.3. The molecule has 0 aliphatic carbocycles. The predicted molar refractivity (Wildman–Crippen MR) is 149 cm³/mol. The van der Waals surface area contributed by atoms with E-state index in [0.29, 0.717) is 17.3 Å². The Morgan fingerprint density at radius 2 is 1.92 bits per heavy atom. The van der Waals surface area contributed by atoms with Gasteiger partial charge in [0.15, 0.2) is 11.5 Å². The van der Waals surface area contributed by atoms with Crippen LogP contribution in [0.3, 0.4) is 0 Å². The van der Waals surface area contributed by atoms with Crippen LogP contribution < -0.4 is 19.7 Å². The standard InChI is InChI=1S/C29H34N4O4S/c1-17(2)30-23(34)14-32-24(35)15-38-26(19-10-11-21-22(13-19)37-16-36-21)25-27(29(4,5)6)31-33(28(25)32)20-9-7-8-18(3)12-20/h7-13,17,26H,14-16H2,1-6H3,(H,30,34)/t26-/m1/s1. The van der Waals surface area contributed by atoms with E-state index in [9.17, 15) is 9.59 Å². The summed E-state index contributed by atoms with van der Waals surface area (Å²) in [6.07, 6.45) is 0. The molecule has 0 saturated heterocycles. The summed E-state index contributed by atoms with van der Waals surface area (Å²) in [5, 5.41) is 7.88. The Kier molecular flexibility index (Phi) is 6.90. The normalized spacial score (nSPS) is 17.0. The molecule has 0 spiro atoms. The van der Waals surface area contributed by atoms with Crippen molar-refractivity contribution < 1.29 is 19.1 Å². The Morgan fingerprint density at radius 1 is 1.16 bits per heavy atom. The molecule has 3 heterocycles. The van der Waals surface area contributed by atoms with Crippen LogP contribution in [0.5, 0.6) is 11.5 Å². The molecule has 2 aliphatic rings. The number of rotatable bonds is 5. The molecular formula is C29H34N4O4S. The van der Waals surface area contributed by atoms with E-state index in [-0.39, 0.29) is 47.6 Å². The van der Waals surface area contributed by atoms with E-state index in [2.05, 4.69) is 26.1 Å². The number of benzene rings is 2. The lowest BCUT2D eigenvalue weighted by Crippen LogP contribution is -2.44. The van der Waals surface area contributed by atoms with Crippen molar-refractivity contribution in [3.63, 3.8) is 0 Å². The van der Waals surface area contributed by atoms with Crippen molar-refractivity contribution in [2.24, 2.45) is 0 Å². The first kappa shape index (κ1) is 26.2. The summed E-state index contributed by atoms with van der Waals surface area (Å²) in [5.74, 6) is 1.92. The number of hydrogen-bond donors (Lipinski definition) is 1. The first-order valence-corrected chi connectivity index (χ1v) is 13.9. The topological polar surface area (TPSA) is 85.7 Å². The molecular weight excluding hydrogens is 500 g/mol. The van der Waals surface area contributed by atoms with E-state index < -0.39 is 0 Å². The molecule has 1 N–H and O–H groups in total. The second-order valence-electron chi connectivity index (χ2n) is 11.1. The Bertz CT molecular complexity index is 1390. The molecule has 0 fully saturated rings. The number of amides is 2. The van der Waals surface area contributed by atoms with Gasteiger partial charge in [-0.3, -0.25) is 14.5 Å². The third kappa shape index (κ3) is 4.99. The lowest BCUT2D eigenvalue weighted by Gasteiger charge is -2.25. The molecule has 0 saturated carbocycles. The lowest BCUT2D eigenvalue weighted by molar-refractivity contribution is -0.123. The number of ether oxygens (including phenoxy) is 2. The minimum Gasteiger partial charge on any atom is -0.454 e. The molecule has 2 aromatic carbocycles. The van der Waals surface area contributed by atoms with Gasteiger partial charge in [-0.1, -0.05) is 39.0 Å². The van der Waals surface area contributed by atoms with Crippen LogP contribution in [0.1, 0.15) is 62.3 Å². The van der Waals surface area contributed by atoms with Gasteiger partial charge in [0.1, 0.15) is 12.4 Å². The predicted octanol–water partition coefficient (Wildman–Crippen LogP) is 4.90. The molecule has 1 aromatic heterocycles. The maximum atomic E-state index is 13.7. The SMILES string of the molecule is Cc1cccc(-n2nc(C(C)(C)C)c3c2N(CC(=O)NC(C)C)C(=O)CS[C@@H]3c2ccc3c(c2)OCO3)c1. The van der Waals surface area contributed by atoms with Crippen molar-refractivity contribution in [2.45, 2.75) is 58.2 Å². The van der Waals surface area contributed by atoms with Crippen LogP contribution in [0.2, 0.25) is 0 Å². The van der Waals surface area contributed by atoms with Crippen LogP contribution in [0.4, 0.5) is 5.82 Å². The van der Waals surface area contributed by atoms with Crippen molar-refractivity contribution >= 4 is 29.4 Å². The van der Waals surface area contributed by atoms with Crippen molar-refractivity contribution in [1.29, 1.82) is 0 Å². The van der Waals surface area contributed by atoms with Crippen LogP contribution in [-0.2, 0) is 15.0 Å². The van der Waals surface area contributed by atoms with Crippen LogP contribution >= 0.6 is 11.8 Å². The quantitative estimate of drug-likeness (QED) is 0.501. The van der Waals surface area contributed by atoms with Gasteiger partial charge in [0, 0.05) is 17.0 Å². The summed E-state index contributed by atoms with van der Waals surface area (Å²) in [5.41, 5.74) is 4.41.